The molecule has 0 aliphatic carbocycles. The lowest BCUT2D eigenvalue weighted by Crippen LogP contribution is -1.94. The van der Waals surface area contributed by atoms with E-state index in [0.29, 0.717) is 17.3 Å². The lowest BCUT2D eigenvalue weighted by Gasteiger charge is -2.03. The van der Waals surface area contributed by atoms with Gasteiger partial charge in [-0.2, -0.15) is 0 Å². The van der Waals surface area contributed by atoms with Crippen molar-refractivity contribution in [1.29, 1.82) is 0 Å². The average molecular weight is 203 g/mol. The lowest BCUT2D eigenvalue weighted by atomic mass is 10.4. The number of aliphatic hydroxyl groups excluding tert-OH is 1. The molecular formula is C10H9N3O2. The van der Waals surface area contributed by atoms with Crippen LogP contribution >= 0.6 is 0 Å². The van der Waals surface area contributed by atoms with Gasteiger partial charge in [0.15, 0.2) is 0 Å². The molecule has 2 aromatic rings. The van der Waals surface area contributed by atoms with Gasteiger partial charge in [-0.1, -0.05) is 0 Å². The summed E-state index contributed by atoms with van der Waals surface area (Å²) in [7, 11) is 0. The molecule has 0 bridgehead atoms. The Morgan fingerprint density at radius 2 is 2.13 bits per heavy atom. The normalized spacial score (nSPS) is 9.93. The molecule has 2 aromatic heterocycles. The molecule has 0 saturated carbocycles. The van der Waals surface area contributed by atoms with Gasteiger partial charge in [-0.3, -0.25) is 9.97 Å². The molecular weight excluding hydrogens is 194 g/mol. The number of hydrogen-bond donors (Lipinski definition) is 1. The summed E-state index contributed by atoms with van der Waals surface area (Å²) in [5, 5.41) is 8.86. The summed E-state index contributed by atoms with van der Waals surface area (Å²) in [6, 6.07) is 3.53. The average Bonchev–Trinajstić information content (AvgIpc) is 2.31. The summed E-state index contributed by atoms with van der Waals surface area (Å²) in [6.45, 7) is -0.156. The molecule has 1 N–H and O–H groups in total. The second kappa shape index (κ2) is 4.47. The van der Waals surface area contributed by atoms with Crippen molar-refractivity contribution in [1.82, 2.24) is 15.0 Å². The largest absolute Gasteiger partial charge is 0.436 e. The molecule has 0 radical (unpaired) electrons. The van der Waals surface area contributed by atoms with Gasteiger partial charge in [0.05, 0.1) is 30.9 Å². The summed E-state index contributed by atoms with van der Waals surface area (Å²) in [5.74, 6) is 0.927. The Labute approximate surface area is 86.4 Å². The van der Waals surface area contributed by atoms with Crippen LogP contribution < -0.4 is 4.74 Å². The first-order chi connectivity index (χ1) is 7.38. The third-order valence-electron chi connectivity index (χ3n) is 1.68. The van der Waals surface area contributed by atoms with Crippen LogP contribution in [0.15, 0.2) is 36.9 Å². The van der Waals surface area contributed by atoms with Crippen LogP contribution in [0.4, 0.5) is 0 Å². The lowest BCUT2D eigenvalue weighted by molar-refractivity contribution is 0.274. The molecule has 2 heterocycles. The highest BCUT2D eigenvalue weighted by atomic mass is 16.5. The monoisotopic (exact) mass is 203 g/mol. The summed E-state index contributed by atoms with van der Waals surface area (Å²) >= 11 is 0. The van der Waals surface area contributed by atoms with E-state index >= 15 is 0 Å². The SMILES string of the molecule is OCc1cncc(Oc2cccnc2)n1. The molecule has 0 aliphatic rings. The number of hydrogen-bond acceptors (Lipinski definition) is 5. The minimum Gasteiger partial charge on any atom is -0.436 e. The van der Waals surface area contributed by atoms with E-state index in [2.05, 4.69) is 15.0 Å². The van der Waals surface area contributed by atoms with Crippen molar-refractivity contribution in [2.75, 3.05) is 0 Å². The summed E-state index contributed by atoms with van der Waals surface area (Å²) in [6.07, 6.45) is 6.19. The maximum atomic E-state index is 8.86. The summed E-state index contributed by atoms with van der Waals surface area (Å²) in [5.41, 5.74) is 0.469. The molecule has 0 aromatic carbocycles. The fourth-order valence-electron chi connectivity index (χ4n) is 1.04. The molecule has 0 aliphatic heterocycles. The highest BCUT2D eigenvalue weighted by molar-refractivity contribution is 5.22. The first-order valence-corrected chi connectivity index (χ1v) is 4.38. The Balaban J connectivity index is 2.17. The maximum Gasteiger partial charge on any atom is 0.238 e. The summed E-state index contributed by atoms with van der Waals surface area (Å²) < 4.78 is 5.37. The van der Waals surface area contributed by atoms with Crippen LogP contribution in [0.3, 0.4) is 0 Å². The molecule has 5 heteroatoms. The van der Waals surface area contributed by atoms with Gasteiger partial charge in [-0.15, -0.1) is 0 Å². The third kappa shape index (κ3) is 2.47. The van der Waals surface area contributed by atoms with E-state index in [1.54, 1.807) is 24.5 Å². The molecule has 0 saturated heterocycles. The molecule has 0 spiro atoms. The standard InChI is InChI=1S/C10H9N3O2/c14-7-8-4-12-6-10(13-8)15-9-2-1-3-11-5-9/h1-6,14H,7H2. The van der Waals surface area contributed by atoms with Crippen molar-refractivity contribution >= 4 is 0 Å². The zero-order valence-corrected chi connectivity index (χ0v) is 7.87. The smallest absolute Gasteiger partial charge is 0.238 e. The van der Waals surface area contributed by atoms with Gasteiger partial charge >= 0.3 is 0 Å². The number of aromatic nitrogens is 3. The van der Waals surface area contributed by atoms with Crippen LogP contribution in [0, 0.1) is 0 Å². The molecule has 0 fully saturated rings. The predicted molar refractivity (Wildman–Crippen MR) is 52.3 cm³/mol. The number of rotatable bonds is 3. The van der Waals surface area contributed by atoms with E-state index < -0.39 is 0 Å². The molecule has 0 amide bonds. The Kier molecular flexibility index (Phi) is 2.85. The summed E-state index contributed by atoms with van der Waals surface area (Å²) in [4.78, 5) is 11.8. The van der Waals surface area contributed by atoms with E-state index in [-0.39, 0.29) is 6.61 Å². The zero-order chi connectivity index (χ0) is 10.5. The molecule has 0 atom stereocenters. The second-order valence-corrected chi connectivity index (χ2v) is 2.80. The van der Waals surface area contributed by atoms with E-state index in [0.717, 1.165) is 0 Å². The fourth-order valence-corrected chi connectivity index (χ4v) is 1.04. The zero-order valence-electron chi connectivity index (χ0n) is 7.87. The highest BCUT2D eigenvalue weighted by Gasteiger charge is 2.00. The first-order valence-electron chi connectivity index (χ1n) is 4.38. The number of aliphatic hydroxyl groups is 1. The van der Waals surface area contributed by atoms with Crippen molar-refractivity contribution < 1.29 is 9.84 Å². The van der Waals surface area contributed by atoms with Crippen LogP contribution in [0.5, 0.6) is 11.6 Å². The fraction of sp³-hybridized carbons (Fsp3) is 0.100. The third-order valence-corrected chi connectivity index (χ3v) is 1.68. The maximum absolute atomic E-state index is 8.86. The van der Waals surface area contributed by atoms with Crippen molar-refractivity contribution in [2.45, 2.75) is 6.61 Å². The van der Waals surface area contributed by atoms with Gasteiger partial charge in [0.25, 0.3) is 0 Å². The second-order valence-electron chi connectivity index (χ2n) is 2.80. The van der Waals surface area contributed by atoms with E-state index in [1.807, 2.05) is 0 Å². The van der Waals surface area contributed by atoms with E-state index in [1.165, 1.54) is 12.4 Å². The van der Waals surface area contributed by atoms with Crippen LogP contribution in [0.2, 0.25) is 0 Å². The van der Waals surface area contributed by atoms with Crippen LogP contribution in [0.25, 0.3) is 0 Å². The van der Waals surface area contributed by atoms with Crippen molar-refractivity contribution in [2.24, 2.45) is 0 Å². The highest BCUT2D eigenvalue weighted by Crippen LogP contribution is 2.16. The topological polar surface area (TPSA) is 68.1 Å². The van der Waals surface area contributed by atoms with Crippen molar-refractivity contribution in [3.8, 4) is 11.6 Å². The quantitative estimate of drug-likeness (QED) is 0.810. The minimum absolute atomic E-state index is 0.156. The van der Waals surface area contributed by atoms with Crippen molar-refractivity contribution in [3.05, 3.63) is 42.6 Å². The Bertz CT molecular complexity index is 434. The Morgan fingerprint density at radius 3 is 2.87 bits per heavy atom. The molecule has 0 unspecified atom stereocenters. The Hall–Kier alpha value is -2.01. The van der Waals surface area contributed by atoms with E-state index in [4.69, 9.17) is 9.84 Å². The Morgan fingerprint density at radius 1 is 1.20 bits per heavy atom. The van der Waals surface area contributed by atoms with Crippen LogP contribution in [0.1, 0.15) is 5.69 Å². The first kappa shape index (κ1) is 9.54. The number of pyridine rings is 1. The molecule has 2 rings (SSSR count). The molecule has 76 valence electrons. The van der Waals surface area contributed by atoms with Crippen LogP contribution in [-0.2, 0) is 6.61 Å². The minimum atomic E-state index is -0.156. The predicted octanol–water partition coefficient (Wildman–Crippen LogP) is 1.16. The van der Waals surface area contributed by atoms with Gasteiger partial charge in [0.2, 0.25) is 5.88 Å². The number of ether oxygens (including phenoxy) is 1. The van der Waals surface area contributed by atoms with Gasteiger partial charge in [-0.05, 0) is 12.1 Å². The van der Waals surface area contributed by atoms with Gasteiger partial charge in [0, 0.05) is 6.20 Å². The molecule has 5 nitrogen and oxygen atoms in total. The number of nitrogens with zero attached hydrogens (tertiary/aromatic N) is 3. The van der Waals surface area contributed by atoms with E-state index in [9.17, 15) is 0 Å². The van der Waals surface area contributed by atoms with Gasteiger partial charge < -0.3 is 9.84 Å². The van der Waals surface area contributed by atoms with Gasteiger partial charge in [-0.25, -0.2) is 4.98 Å². The van der Waals surface area contributed by atoms with Crippen molar-refractivity contribution in [3.63, 3.8) is 0 Å². The van der Waals surface area contributed by atoms with Gasteiger partial charge in [0.1, 0.15) is 5.75 Å². The molecule has 15 heavy (non-hydrogen) atoms. The van der Waals surface area contributed by atoms with Crippen LogP contribution in [-0.4, -0.2) is 20.1 Å².